The summed E-state index contributed by atoms with van der Waals surface area (Å²) >= 11 is 0. The van der Waals surface area contributed by atoms with E-state index in [-0.39, 0.29) is 24.2 Å². The number of amides is 2. The molecule has 1 N–H and O–H groups in total. The lowest BCUT2D eigenvalue weighted by Gasteiger charge is -2.47. The summed E-state index contributed by atoms with van der Waals surface area (Å²) in [5.41, 5.74) is 2.61. The van der Waals surface area contributed by atoms with Gasteiger partial charge in [0, 0.05) is 31.7 Å². The largest absolute Gasteiger partial charge is 0.338 e. The van der Waals surface area contributed by atoms with Crippen LogP contribution in [-0.4, -0.2) is 47.5 Å². The molecule has 0 aromatic heterocycles. The van der Waals surface area contributed by atoms with Crippen LogP contribution in [0.2, 0.25) is 0 Å². The van der Waals surface area contributed by atoms with Crippen LogP contribution in [0.4, 0.5) is 4.79 Å². The van der Waals surface area contributed by atoms with Gasteiger partial charge in [-0.2, -0.15) is 0 Å². The number of unbranched alkanes of at least 4 members (excludes halogenated alkanes) is 4. The Kier molecular flexibility index (Phi) is 8.96. The zero-order chi connectivity index (χ0) is 22.1. The molecule has 1 aliphatic rings. The first-order valence-electron chi connectivity index (χ1n) is 12.0. The van der Waals surface area contributed by atoms with Crippen LogP contribution in [0.25, 0.3) is 0 Å². The van der Waals surface area contributed by atoms with Gasteiger partial charge in [0.2, 0.25) is 0 Å². The molecule has 168 valence electrons. The number of nitrogens with zero attached hydrogens (tertiary/aromatic N) is 2. The predicted molar refractivity (Wildman–Crippen MR) is 129 cm³/mol. The maximum Gasteiger partial charge on any atom is 0.317 e. The van der Waals surface area contributed by atoms with Crippen LogP contribution in [-0.2, 0) is 0 Å². The second-order valence-corrected chi connectivity index (χ2v) is 8.93. The topological polar surface area (TPSA) is 35.6 Å². The highest BCUT2D eigenvalue weighted by Crippen LogP contribution is 2.32. The van der Waals surface area contributed by atoms with Crippen molar-refractivity contribution < 1.29 is 4.79 Å². The molecule has 3 rings (SSSR count). The number of hydrogen-bond acceptors (Lipinski definition) is 2. The van der Waals surface area contributed by atoms with Crippen LogP contribution in [0.3, 0.4) is 0 Å². The van der Waals surface area contributed by atoms with Crippen molar-refractivity contribution >= 4 is 6.03 Å². The van der Waals surface area contributed by atoms with Crippen LogP contribution in [0.15, 0.2) is 60.7 Å². The van der Waals surface area contributed by atoms with E-state index in [0.717, 1.165) is 26.1 Å². The Morgan fingerprint density at radius 1 is 0.871 bits per heavy atom. The van der Waals surface area contributed by atoms with Gasteiger partial charge in [0.05, 0.1) is 6.04 Å². The number of carbonyl (C=O) groups is 1. The highest BCUT2D eigenvalue weighted by atomic mass is 16.2. The molecule has 2 atom stereocenters. The number of piperazine rings is 1. The van der Waals surface area contributed by atoms with Gasteiger partial charge in [-0.15, -0.1) is 0 Å². The second-order valence-electron chi connectivity index (χ2n) is 8.93. The van der Waals surface area contributed by atoms with Crippen molar-refractivity contribution in [1.82, 2.24) is 15.1 Å². The molecule has 2 aromatic carbocycles. The predicted octanol–water partition coefficient (Wildman–Crippen LogP) is 5.85. The Morgan fingerprint density at radius 2 is 1.39 bits per heavy atom. The number of nitrogens with one attached hydrogen (secondary N) is 1. The van der Waals surface area contributed by atoms with Crippen LogP contribution < -0.4 is 5.32 Å². The van der Waals surface area contributed by atoms with Crippen molar-refractivity contribution in [3.05, 3.63) is 71.8 Å². The lowest BCUT2D eigenvalue weighted by Crippen LogP contribution is -2.61. The molecule has 1 heterocycles. The monoisotopic (exact) mass is 421 g/mol. The third-order valence-electron chi connectivity index (χ3n) is 6.33. The van der Waals surface area contributed by atoms with Gasteiger partial charge in [-0.3, -0.25) is 4.90 Å². The van der Waals surface area contributed by atoms with Crippen molar-refractivity contribution in [2.75, 3.05) is 19.6 Å². The Labute approximate surface area is 188 Å². The third-order valence-corrected chi connectivity index (χ3v) is 6.33. The first kappa shape index (κ1) is 23.3. The van der Waals surface area contributed by atoms with Crippen molar-refractivity contribution in [2.24, 2.45) is 0 Å². The standard InChI is InChI=1S/C27H39N3O/c1-4-5-6-7-14-19-28-27(31)30-22(2)20-29(21-23(30)3)26(24-15-10-8-11-16-24)25-17-12-9-13-18-25/h8-13,15-18,22-23,26H,4-7,14,19-21H2,1-3H3,(H,28,31). The number of carbonyl (C=O) groups excluding carboxylic acids is 1. The average Bonchev–Trinajstić information content (AvgIpc) is 2.77. The molecule has 1 fully saturated rings. The van der Waals surface area contributed by atoms with Gasteiger partial charge >= 0.3 is 6.03 Å². The van der Waals surface area contributed by atoms with Crippen molar-refractivity contribution in [3.8, 4) is 0 Å². The van der Waals surface area contributed by atoms with E-state index in [0.29, 0.717) is 0 Å². The summed E-state index contributed by atoms with van der Waals surface area (Å²) in [6, 6.07) is 22.1. The van der Waals surface area contributed by atoms with Crippen LogP contribution >= 0.6 is 0 Å². The SMILES string of the molecule is CCCCCCCNC(=O)N1C(C)CN(C(c2ccccc2)c2ccccc2)CC1C. The lowest BCUT2D eigenvalue weighted by molar-refractivity contribution is 0.0483. The molecule has 31 heavy (non-hydrogen) atoms. The molecule has 0 radical (unpaired) electrons. The minimum atomic E-state index is 0.0890. The van der Waals surface area contributed by atoms with E-state index in [1.54, 1.807) is 0 Å². The third kappa shape index (κ3) is 6.33. The highest BCUT2D eigenvalue weighted by Gasteiger charge is 2.36. The van der Waals surface area contributed by atoms with Crippen LogP contribution in [0.5, 0.6) is 0 Å². The molecule has 1 aliphatic heterocycles. The molecule has 2 unspecified atom stereocenters. The number of urea groups is 1. The molecule has 0 saturated carbocycles. The van der Waals surface area contributed by atoms with E-state index in [2.05, 4.69) is 96.6 Å². The van der Waals surface area contributed by atoms with Gasteiger partial charge in [-0.1, -0.05) is 93.3 Å². The molecular weight excluding hydrogens is 382 g/mol. The van der Waals surface area contributed by atoms with Gasteiger partial charge < -0.3 is 10.2 Å². The summed E-state index contributed by atoms with van der Waals surface area (Å²) < 4.78 is 0. The molecule has 2 aromatic rings. The van der Waals surface area contributed by atoms with Gasteiger partial charge in [0.1, 0.15) is 0 Å². The molecule has 2 amide bonds. The zero-order valence-electron chi connectivity index (χ0n) is 19.5. The van der Waals surface area contributed by atoms with E-state index in [9.17, 15) is 4.79 Å². The van der Waals surface area contributed by atoms with E-state index in [1.807, 2.05) is 0 Å². The zero-order valence-corrected chi connectivity index (χ0v) is 19.5. The normalized spacial score (nSPS) is 19.5. The summed E-state index contributed by atoms with van der Waals surface area (Å²) in [4.78, 5) is 17.5. The van der Waals surface area contributed by atoms with Gasteiger partial charge in [0.15, 0.2) is 0 Å². The molecule has 0 aliphatic carbocycles. The van der Waals surface area contributed by atoms with Gasteiger partial charge in [-0.05, 0) is 31.4 Å². The quantitative estimate of drug-likeness (QED) is 0.516. The fraction of sp³-hybridized carbons (Fsp3) is 0.519. The van der Waals surface area contributed by atoms with Crippen molar-refractivity contribution in [1.29, 1.82) is 0 Å². The summed E-state index contributed by atoms with van der Waals surface area (Å²) in [5, 5.41) is 3.17. The van der Waals surface area contributed by atoms with Crippen LogP contribution in [0.1, 0.15) is 70.0 Å². The molecule has 4 nitrogen and oxygen atoms in total. The summed E-state index contributed by atoms with van der Waals surface area (Å²) in [6.07, 6.45) is 6.06. The fourth-order valence-corrected chi connectivity index (χ4v) is 4.87. The van der Waals surface area contributed by atoms with Gasteiger partial charge in [0.25, 0.3) is 0 Å². The molecular formula is C27H39N3O. The maximum absolute atomic E-state index is 12.9. The number of rotatable bonds is 9. The Balaban J connectivity index is 1.65. The van der Waals surface area contributed by atoms with E-state index in [4.69, 9.17) is 0 Å². The molecule has 4 heteroatoms. The summed E-state index contributed by atoms with van der Waals surface area (Å²) in [6.45, 7) is 9.09. The number of benzene rings is 2. The minimum Gasteiger partial charge on any atom is -0.338 e. The first-order chi connectivity index (χ1) is 15.1. The van der Waals surface area contributed by atoms with Crippen LogP contribution in [0, 0.1) is 0 Å². The van der Waals surface area contributed by atoms with E-state index in [1.165, 1.54) is 36.8 Å². The summed E-state index contributed by atoms with van der Waals surface area (Å²) in [5.74, 6) is 0. The fourth-order valence-electron chi connectivity index (χ4n) is 4.87. The first-order valence-corrected chi connectivity index (χ1v) is 12.0. The maximum atomic E-state index is 12.9. The Hall–Kier alpha value is -2.33. The smallest absolute Gasteiger partial charge is 0.317 e. The molecule has 0 bridgehead atoms. The Bertz CT molecular complexity index is 728. The van der Waals surface area contributed by atoms with E-state index >= 15 is 0 Å². The van der Waals surface area contributed by atoms with Crippen molar-refractivity contribution in [2.45, 2.75) is 71.0 Å². The van der Waals surface area contributed by atoms with E-state index < -0.39 is 0 Å². The minimum absolute atomic E-state index is 0.0890. The number of hydrogen-bond donors (Lipinski definition) is 1. The Morgan fingerprint density at radius 3 is 1.90 bits per heavy atom. The lowest BCUT2D eigenvalue weighted by atomic mass is 9.94. The average molecular weight is 422 g/mol. The van der Waals surface area contributed by atoms with Crippen molar-refractivity contribution in [3.63, 3.8) is 0 Å². The molecule has 1 saturated heterocycles. The highest BCUT2D eigenvalue weighted by molar-refractivity contribution is 5.75. The second kappa shape index (κ2) is 11.9. The summed E-state index contributed by atoms with van der Waals surface area (Å²) in [7, 11) is 0. The molecule has 0 spiro atoms. The van der Waals surface area contributed by atoms with Gasteiger partial charge in [-0.25, -0.2) is 4.79 Å².